The molecular formula is C25H25ClN4O2S. The summed E-state index contributed by atoms with van der Waals surface area (Å²) in [7, 11) is 1.68. The number of fused-ring (bicyclic) bond motifs is 1. The van der Waals surface area contributed by atoms with Crippen LogP contribution < -0.4 is 5.32 Å². The van der Waals surface area contributed by atoms with Crippen molar-refractivity contribution in [3.8, 4) is 11.4 Å². The molecule has 0 fully saturated rings. The van der Waals surface area contributed by atoms with E-state index in [-0.39, 0.29) is 11.2 Å². The average Bonchev–Trinajstić information content (AvgIpc) is 3.21. The summed E-state index contributed by atoms with van der Waals surface area (Å²) in [5, 5.41) is 14.8. The summed E-state index contributed by atoms with van der Waals surface area (Å²) in [4.78, 5) is 13.0. The summed E-state index contributed by atoms with van der Waals surface area (Å²) in [6.07, 6.45) is 0.788. The minimum absolute atomic E-state index is 0.0953. The molecule has 4 rings (SSSR count). The number of halogens is 1. The number of thioether (sulfide) groups is 1. The van der Waals surface area contributed by atoms with E-state index in [0.717, 1.165) is 28.4 Å². The number of nitrogens with zero attached hydrogens (tertiary/aromatic N) is 3. The van der Waals surface area contributed by atoms with Gasteiger partial charge < -0.3 is 14.6 Å². The van der Waals surface area contributed by atoms with Crippen molar-refractivity contribution in [3.63, 3.8) is 0 Å². The van der Waals surface area contributed by atoms with E-state index in [1.54, 1.807) is 7.11 Å². The number of amides is 1. The van der Waals surface area contributed by atoms with E-state index < -0.39 is 0 Å². The van der Waals surface area contributed by atoms with Gasteiger partial charge in [0, 0.05) is 36.9 Å². The number of anilines is 1. The van der Waals surface area contributed by atoms with Gasteiger partial charge in [-0.15, -0.1) is 10.2 Å². The number of hydrogen-bond donors (Lipinski definition) is 1. The lowest BCUT2D eigenvalue weighted by Crippen LogP contribution is -2.23. The number of ether oxygens (including phenoxy) is 1. The van der Waals surface area contributed by atoms with Gasteiger partial charge in [-0.2, -0.15) is 0 Å². The highest BCUT2D eigenvalue weighted by atomic mass is 35.5. The second-order valence-corrected chi connectivity index (χ2v) is 9.28. The number of carbonyl (C=O) groups is 1. The van der Waals surface area contributed by atoms with E-state index in [0.29, 0.717) is 29.2 Å². The molecule has 0 aliphatic rings. The molecule has 170 valence electrons. The van der Waals surface area contributed by atoms with E-state index in [1.807, 2.05) is 78.2 Å². The third-order valence-electron chi connectivity index (χ3n) is 5.26. The zero-order valence-electron chi connectivity index (χ0n) is 18.5. The highest BCUT2D eigenvalue weighted by molar-refractivity contribution is 8.00. The Balaban J connectivity index is 1.56. The predicted octanol–water partition coefficient (Wildman–Crippen LogP) is 5.91. The molecule has 0 aliphatic heterocycles. The predicted molar refractivity (Wildman–Crippen MR) is 135 cm³/mol. The van der Waals surface area contributed by atoms with Gasteiger partial charge >= 0.3 is 0 Å². The first-order valence-electron chi connectivity index (χ1n) is 10.7. The monoisotopic (exact) mass is 480 g/mol. The summed E-state index contributed by atoms with van der Waals surface area (Å²) in [5.74, 6) is 0.586. The second-order valence-electron chi connectivity index (χ2n) is 7.56. The Hall–Kier alpha value is -2.87. The lowest BCUT2D eigenvalue weighted by atomic mass is 10.1. The molecule has 0 spiro atoms. The fourth-order valence-electron chi connectivity index (χ4n) is 3.57. The molecule has 3 aromatic carbocycles. The largest absolute Gasteiger partial charge is 0.385 e. The van der Waals surface area contributed by atoms with Crippen LogP contribution in [0.5, 0.6) is 0 Å². The van der Waals surface area contributed by atoms with Crippen molar-refractivity contribution in [1.82, 2.24) is 14.8 Å². The zero-order valence-corrected chi connectivity index (χ0v) is 20.1. The van der Waals surface area contributed by atoms with Gasteiger partial charge in [-0.25, -0.2) is 0 Å². The summed E-state index contributed by atoms with van der Waals surface area (Å²) < 4.78 is 7.23. The molecule has 1 amide bonds. The smallest absolute Gasteiger partial charge is 0.237 e. The van der Waals surface area contributed by atoms with E-state index in [9.17, 15) is 4.79 Å². The molecule has 0 aliphatic carbocycles. The Morgan fingerprint density at radius 3 is 2.67 bits per heavy atom. The van der Waals surface area contributed by atoms with Crippen LogP contribution in [0.4, 0.5) is 5.69 Å². The van der Waals surface area contributed by atoms with E-state index >= 15 is 0 Å². The molecule has 0 saturated heterocycles. The van der Waals surface area contributed by atoms with Gasteiger partial charge in [-0.05, 0) is 36.9 Å². The number of carbonyl (C=O) groups excluding carboxylic acids is 1. The Kier molecular flexibility index (Phi) is 7.65. The average molecular weight is 481 g/mol. The molecule has 1 atom stereocenters. The standard InChI is InChI=1S/C25H25ClN4O2S/c1-17(24(31)27-22-14-7-10-18-9-3-4-11-19(18)22)33-25-29-28-23(30(25)15-8-16-32-2)20-12-5-6-13-21(20)26/h3-7,9-14,17H,8,15-16H2,1-2H3,(H,27,31). The topological polar surface area (TPSA) is 69.0 Å². The van der Waals surface area contributed by atoms with Gasteiger partial charge in [0.05, 0.1) is 10.3 Å². The highest BCUT2D eigenvalue weighted by Gasteiger charge is 2.22. The van der Waals surface area contributed by atoms with Gasteiger partial charge in [0.1, 0.15) is 0 Å². The maximum absolute atomic E-state index is 13.0. The molecule has 1 N–H and O–H groups in total. The minimum Gasteiger partial charge on any atom is -0.385 e. The summed E-state index contributed by atoms with van der Waals surface area (Å²) in [5.41, 5.74) is 1.60. The molecule has 1 aromatic heterocycles. The maximum atomic E-state index is 13.0. The Morgan fingerprint density at radius 1 is 1.09 bits per heavy atom. The van der Waals surface area contributed by atoms with Gasteiger partial charge in [-0.1, -0.05) is 71.9 Å². The van der Waals surface area contributed by atoms with E-state index in [1.165, 1.54) is 11.8 Å². The Labute approximate surface area is 202 Å². The number of nitrogens with one attached hydrogen (secondary N) is 1. The van der Waals surface area contributed by atoms with Crippen LogP contribution in [0.15, 0.2) is 71.9 Å². The van der Waals surface area contributed by atoms with Crippen LogP contribution in [0.2, 0.25) is 5.02 Å². The molecule has 0 radical (unpaired) electrons. The third kappa shape index (κ3) is 5.38. The summed E-state index contributed by atoms with van der Waals surface area (Å²) in [6.45, 7) is 3.14. The van der Waals surface area contributed by atoms with Gasteiger partial charge in [0.15, 0.2) is 11.0 Å². The molecule has 0 bridgehead atoms. The SMILES string of the molecule is COCCCn1c(SC(C)C(=O)Nc2cccc3ccccc23)nnc1-c1ccccc1Cl. The molecular weight excluding hydrogens is 456 g/mol. The molecule has 4 aromatic rings. The fourth-order valence-corrected chi connectivity index (χ4v) is 4.66. The molecule has 1 heterocycles. The molecule has 6 nitrogen and oxygen atoms in total. The first kappa shape index (κ1) is 23.3. The summed E-state index contributed by atoms with van der Waals surface area (Å²) in [6, 6.07) is 21.4. The lowest BCUT2D eigenvalue weighted by Gasteiger charge is -2.15. The van der Waals surface area contributed by atoms with Crippen molar-refractivity contribution in [2.45, 2.75) is 30.3 Å². The van der Waals surface area contributed by atoms with Crippen LogP contribution in [-0.2, 0) is 16.1 Å². The van der Waals surface area contributed by atoms with Gasteiger partial charge in [0.2, 0.25) is 5.91 Å². The van der Waals surface area contributed by atoms with Crippen LogP contribution in [-0.4, -0.2) is 39.6 Å². The Bertz CT molecular complexity index is 1250. The van der Waals surface area contributed by atoms with Crippen molar-refractivity contribution >= 4 is 45.7 Å². The summed E-state index contributed by atoms with van der Waals surface area (Å²) >= 11 is 7.79. The van der Waals surface area contributed by atoms with Crippen LogP contribution in [0.25, 0.3) is 22.2 Å². The van der Waals surface area contributed by atoms with Crippen LogP contribution in [0.1, 0.15) is 13.3 Å². The minimum atomic E-state index is -0.381. The highest BCUT2D eigenvalue weighted by Crippen LogP contribution is 2.31. The van der Waals surface area contributed by atoms with Gasteiger partial charge in [0.25, 0.3) is 0 Å². The lowest BCUT2D eigenvalue weighted by molar-refractivity contribution is -0.115. The number of benzene rings is 3. The normalized spacial score (nSPS) is 12.1. The fraction of sp³-hybridized carbons (Fsp3) is 0.240. The van der Waals surface area contributed by atoms with Crippen LogP contribution >= 0.6 is 23.4 Å². The van der Waals surface area contributed by atoms with E-state index in [2.05, 4.69) is 15.5 Å². The van der Waals surface area contributed by atoms with Crippen molar-refractivity contribution in [3.05, 3.63) is 71.8 Å². The first-order valence-corrected chi connectivity index (χ1v) is 12.0. The maximum Gasteiger partial charge on any atom is 0.237 e. The molecule has 1 unspecified atom stereocenters. The number of rotatable bonds is 9. The third-order valence-corrected chi connectivity index (χ3v) is 6.67. The molecule has 0 saturated carbocycles. The van der Waals surface area contributed by atoms with Crippen molar-refractivity contribution < 1.29 is 9.53 Å². The number of aromatic nitrogens is 3. The van der Waals surface area contributed by atoms with Crippen LogP contribution in [0, 0.1) is 0 Å². The van der Waals surface area contributed by atoms with Crippen molar-refractivity contribution in [2.75, 3.05) is 19.0 Å². The van der Waals surface area contributed by atoms with Gasteiger partial charge in [-0.3, -0.25) is 4.79 Å². The molecule has 33 heavy (non-hydrogen) atoms. The first-order chi connectivity index (χ1) is 16.1. The van der Waals surface area contributed by atoms with Crippen molar-refractivity contribution in [2.24, 2.45) is 0 Å². The number of methoxy groups -OCH3 is 1. The van der Waals surface area contributed by atoms with Crippen LogP contribution in [0.3, 0.4) is 0 Å². The quantitative estimate of drug-likeness (QED) is 0.238. The van der Waals surface area contributed by atoms with Crippen molar-refractivity contribution in [1.29, 1.82) is 0 Å². The van der Waals surface area contributed by atoms with E-state index in [4.69, 9.17) is 16.3 Å². The molecule has 8 heteroatoms. The second kappa shape index (κ2) is 10.8. The number of hydrogen-bond acceptors (Lipinski definition) is 5. The zero-order chi connectivity index (χ0) is 23.2. The Morgan fingerprint density at radius 2 is 1.85 bits per heavy atom.